The molecule has 3 N–H and O–H groups in total. The van der Waals surface area contributed by atoms with E-state index < -0.39 is 0 Å². The first-order chi connectivity index (χ1) is 5.24. The molecule has 1 fully saturated rings. The van der Waals surface area contributed by atoms with Crippen LogP contribution < -0.4 is 5.73 Å². The summed E-state index contributed by atoms with van der Waals surface area (Å²) in [4.78, 5) is 1.87. The molecule has 0 atom stereocenters. The highest BCUT2D eigenvalue weighted by Gasteiger charge is 2.18. The van der Waals surface area contributed by atoms with Gasteiger partial charge in [0.2, 0.25) is 0 Å². The van der Waals surface area contributed by atoms with E-state index in [1.807, 2.05) is 4.90 Å². The molecule has 0 aromatic rings. The fourth-order valence-electron chi connectivity index (χ4n) is 1.33. The monoisotopic (exact) mass is 237 g/mol. The van der Waals surface area contributed by atoms with Crippen molar-refractivity contribution in [3.63, 3.8) is 0 Å². The normalized spacial score (nSPS) is 18.6. The third kappa shape index (κ3) is 2.98. The van der Waals surface area contributed by atoms with E-state index in [1.165, 1.54) is 0 Å². The van der Waals surface area contributed by atoms with Crippen molar-refractivity contribution in [3.8, 4) is 0 Å². The molecule has 1 aliphatic rings. The van der Waals surface area contributed by atoms with Crippen LogP contribution in [0, 0.1) is 5.41 Å². The lowest BCUT2D eigenvalue weighted by Gasteiger charge is -2.31. The molecule has 0 spiro atoms. The number of hydrogen-bond donors (Lipinski definition) is 2. The standard InChI is InChI=1S/C7H15N3O.BrH/c1-11-6-2-4-10(5-3-6)7(8)9;/h6H,2-5H2,1H3,(H3,8,9);1H. The van der Waals surface area contributed by atoms with Gasteiger partial charge >= 0.3 is 0 Å². The maximum atomic E-state index is 7.17. The summed E-state index contributed by atoms with van der Waals surface area (Å²) in [5.41, 5.74) is 5.32. The van der Waals surface area contributed by atoms with E-state index in [-0.39, 0.29) is 22.9 Å². The van der Waals surface area contributed by atoms with Crippen molar-refractivity contribution < 1.29 is 4.74 Å². The van der Waals surface area contributed by atoms with Crippen molar-refractivity contribution in [3.05, 3.63) is 0 Å². The predicted octanol–water partition coefficient (Wildman–Crippen LogP) is 0.569. The lowest BCUT2D eigenvalue weighted by molar-refractivity contribution is 0.0574. The minimum absolute atomic E-state index is 0. The number of likely N-dealkylation sites (tertiary alicyclic amines) is 1. The third-order valence-corrected chi connectivity index (χ3v) is 2.12. The Bertz CT molecular complexity index is 146. The van der Waals surface area contributed by atoms with Crippen molar-refractivity contribution in [1.82, 2.24) is 4.90 Å². The largest absolute Gasteiger partial charge is 0.381 e. The molecule has 12 heavy (non-hydrogen) atoms. The minimum Gasteiger partial charge on any atom is -0.381 e. The molecule has 0 amide bonds. The fraction of sp³-hybridized carbons (Fsp3) is 0.857. The molecule has 1 heterocycles. The van der Waals surface area contributed by atoms with Crippen molar-refractivity contribution in [2.75, 3.05) is 20.2 Å². The highest BCUT2D eigenvalue weighted by molar-refractivity contribution is 8.93. The van der Waals surface area contributed by atoms with Gasteiger partial charge in [-0.15, -0.1) is 17.0 Å². The summed E-state index contributed by atoms with van der Waals surface area (Å²) in [6.07, 6.45) is 2.33. The number of ether oxygens (including phenoxy) is 1. The molecular weight excluding hydrogens is 222 g/mol. The van der Waals surface area contributed by atoms with Crippen molar-refractivity contribution in [2.45, 2.75) is 18.9 Å². The topological polar surface area (TPSA) is 62.3 Å². The molecule has 1 saturated heterocycles. The Morgan fingerprint density at radius 3 is 2.33 bits per heavy atom. The molecule has 0 bridgehead atoms. The van der Waals surface area contributed by atoms with Gasteiger partial charge in [0, 0.05) is 20.2 Å². The lowest BCUT2D eigenvalue weighted by atomic mass is 10.1. The van der Waals surface area contributed by atoms with Crippen LogP contribution in [0.2, 0.25) is 0 Å². The van der Waals surface area contributed by atoms with E-state index in [2.05, 4.69) is 0 Å². The first-order valence-electron chi connectivity index (χ1n) is 3.86. The van der Waals surface area contributed by atoms with Gasteiger partial charge in [-0.05, 0) is 12.8 Å². The summed E-state index contributed by atoms with van der Waals surface area (Å²) in [5.74, 6) is 0.180. The Hall–Kier alpha value is -0.290. The maximum absolute atomic E-state index is 7.17. The summed E-state index contributed by atoms with van der Waals surface area (Å²) in [6, 6.07) is 0. The number of nitrogens with zero attached hydrogens (tertiary/aromatic N) is 1. The molecule has 5 heteroatoms. The Kier molecular flexibility index (Phi) is 5.24. The second-order valence-electron chi connectivity index (χ2n) is 2.81. The van der Waals surface area contributed by atoms with Gasteiger partial charge in [-0.2, -0.15) is 0 Å². The Labute approximate surface area is 83.3 Å². The molecule has 1 aliphatic heterocycles. The first-order valence-corrected chi connectivity index (χ1v) is 3.86. The Balaban J connectivity index is 0.00000121. The average Bonchev–Trinajstić information content (AvgIpc) is 2.05. The van der Waals surface area contributed by atoms with Crippen LogP contribution in [-0.2, 0) is 4.74 Å². The molecule has 0 aromatic carbocycles. The lowest BCUT2D eigenvalue weighted by Crippen LogP contribution is -2.43. The zero-order valence-corrected chi connectivity index (χ0v) is 8.96. The molecule has 0 aromatic heterocycles. The van der Waals surface area contributed by atoms with Gasteiger partial charge in [0.15, 0.2) is 5.96 Å². The number of nitrogens with two attached hydrogens (primary N) is 1. The highest BCUT2D eigenvalue weighted by atomic mass is 79.9. The van der Waals surface area contributed by atoms with Crippen molar-refractivity contribution in [1.29, 1.82) is 5.41 Å². The Morgan fingerprint density at radius 1 is 1.50 bits per heavy atom. The zero-order chi connectivity index (χ0) is 8.27. The zero-order valence-electron chi connectivity index (χ0n) is 7.25. The van der Waals surface area contributed by atoms with Crippen LogP contribution in [0.3, 0.4) is 0 Å². The average molecular weight is 238 g/mol. The minimum atomic E-state index is 0. The summed E-state index contributed by atoms with van der Waals surface area (Å²) in [6.45, 7) is 1.71. The van der Waals surface area contributed by atoms with Gasteiger partial charge in [0.25, 0.3) is 0 Å². The highest BCUT2D eigenvalue weighted by Crippen LogP contribution is 2.11. The number of rotatable bonds is 1. The van der Waals surface area contributed by atoms with Crippen LogP contribution in [-0.4, -0.2) is 37.2 Å². The molecule has 1 rings (SSSR count). The molecule has 0 aliphatic carbocycles. The number of nitrogens with one attached hydrogen (secondary N) is 1. The molecular formula is C7H16BrN3O. The van der Waals surface area contributed by atoms with Crippen LogP contribution in [0.1, 0.15) is 12.8 Å². The van der Waals surface area contributed by atoms with Crippen LogP contribution >= 0.6 is 17.0 Å². The number of halogens is 1. The van der Waals surface area contributed by atoms with Gasteiger partial charge in [-0.3, -0.25) is 5.41 Å². The maximum Gasteiger partial charge on any atom is 0.188 e. The van der Waals surface area contributed by atoms with E-state index in [9.17, 15) is 0 Å². The van der Waals surface area contributed by atoms with Gasteiger partial charge in [-0.25, -0.2) is 0 Å². The second-order valence-corrected chi connectivity index (χ2v) is 2.81. The quantitative estimate of drug-likeness (QED) is 0.518. The molecule has 4 nitrogen and oxygen atoms in total. The summed E-state index contributed by atoms with van der Waals surface area (Å²) in [7, 11) is 1.73. The van der Waals surface area contributed by atoms with Gasteiger partial charge < -0.3 is 15.4 Å². The van der Waals surface area contributed by atoms with Gasteiger partial charge in [0.05, 0.1) is 6.10 Å². The fourth-order valence-corrected chi connectivity index (χ4v) is 1.33. The van der Waals surface area contributed by atoms with Crippen LogP contribution in [0.4, 0.5) is 0 Å². The predicted molar refractivity (Wildman–Crippen MR) is 53.8 cm³/mol. The number of methoxy groups -OCH3 is 1. The van der Waals surface area contributed by atoms with Crippen molar-refractivity contribution >= 4 is 22.9 Å². The first kappa shape index (κ1) is 11.7. The SMILES string of the molecule is Br.COC1CCN(C(=N)N)CC1. The second kappa shape index (κ2) is 5.37. The number of hydrogen-bond acceptors (Lipinski definition) is 2. The van der Waals surface area contributed by atoms with E-state index in [0.717, 1.165) is 25.9 Å². The number of guanidine groups is 1. The smallest absolute Gasteiger partial charge is 0.188 e. The third-order valence-electron chi connectivity index (χ3n) is 2.12. The Morgan fingerprint density at radius 2 is 2.00 bits per heavy atom. The van der Waals surface area contributed by atoms with E-state index in [1.54, 1.807) is 7.11 Å². The van der Waals surface area contributed by atoms with Crippen molar-refractivity contribution in [2.24, 2.45) is 5.73 Å². The molecule has 0 radical (unpaired) electrons. The van der Waals surface area contributed by atoms with E-state index >= 15 is 0 Å². The van der Waals surface area contributed by atoms with Crippen LogP contribution in [0.5, 0.6) is 0 Å². The van der Waals surface area contributed by atoms with Crippen LogP contribution in [0.25, 0.3) is 0 Å². The number of piperidine rings is 1. The van der Waals surface area contributed by atoms with Gasteiger partial charge in [0.1, 0.15) is 0 Å². The van der Waals surface area contributed by atoms with E-state index in [4.69, 9.17) is 15.9 Å². The summed E-state index contributed by atoms with van der Waals surface area (Å²) in [5, 5.41) is 7.17. The van der Waals surface area contributed by atoms with Crippen LogP contribution in [0.15, 0.2) is 0 Å². The summed E-state index contributed by atoms with van der Waals surface area (Å²) < 4.78 is 5.18. The molecule has 72 valence electrons. The molecule has 0 unspecified atom stereocenters. The summed E-state index contributed by atoms with van der Waals surface area (Å²) >= 11 is 0. The van der Waals surface area contributed by atoms with E-state index in [0.29, 0.717) is 6.10 Å². The molecule has 0 saturated carbocycles. The van der Waals surface area contributed by atoms with Gasteiger partial charge in [-0.1, -0.05) is 0 Å².